The number of para-hydroxylation sites is 2. The molecule has 28 heavy (non-hydrogen) atoms. The molecule has 0 saturated heterocycles. The van der Waals surface area contributed by atoms with Gasteiger partial charge in [-0.1, -0.05) is 12.1 Å². The third-order valence-electron chi connectivity index (χ3n) is 4.22. The number of rotatable bonds is 5. The Morgan fingerprint density at radius 1 is 1.14 bits per heavy atom. The van der Waals surface area contributed by atoms with E-state index < -0.39 is 17.3 Å². The maximum absolute atomic E-state index is 13.0. The number of halogens is 1. The second-order valence-corrected chi connectivity index (χ2v) is 6.13. The molecule has 0 aliphatic carbocycles. The van der Waals surface area contributed by atoms with Gasteiger partial charge in [0.2, 0.25) is 17.6 Å². The minimum atomic E-state index is -0.537. The molecule has 0 unspecified atom stereocenters. The first kappa shape index (κ1) is 19.2. The zero-order valence-electron chi connectivity index (χ0n) is 15.5. The maximum Gasteiger partial charge on any atom is 0.294 e. The molecule has 1 aromatic heterocycles. The Kier molecular flexibility index (Phi) is 5.49. The lowest BCUT2D eigenvalue weighted by Crippen LogP contribution is -2.38. The van der Waals surface area contributed by atoms with E-state index in [2.05, 4.69) is 10.3 Å². The van der Waals surface area contributed by atoms with E-state index in [0.717, 1.165) is 0 Å². The van der Waals surface area contributed by atoms with Crippen LogP contribution >= 0.6 is 0 Å². The molecule has 0 radical (unpaired) electrons. The zero-order chi connectivity index (χ0) is 20.3. The Labute approximate surface area is 160 Å². The van der Waals surface area contributed by atoms with E-state index in [0.29, 0.717) is 16.7 Å². The van der Waals surface area contributed by atoms with Gasteiger partial charge >= 0.3 is 0 Å². The summed E-state index contributed by atoms with van der Waals surface area (Å²) in [5.74, 6) is -1.21. The van der Waals surface area contributed by atoms with Crippen LogP contribution in [-0.2, 0) is 16.1 Å². The lowest BCUT2D eigenvalue weighted by atomic mass is 10.2. The Morgan fingerprint density at radius 3 is 2.46 bits per heavy atom. The second-order valence-electron chi connectivity index (χ2n) is 6.13. The van der Waals surface area contributed by atoms with Crippen LogP contribution in [0.1, 0.15) is 13.8 Å². The molecule has 2 amide bonds. The highest BCUT2D eigenvalue weighted by Crippen LogP contribution is 2.15. The number of carbonyl (C=O) groups is 2. The van der Waals surface area contributed by atoms with E-state index in [1.807, 2.05) is 0 Å². The summed E-state index contributed by atoms with van der Waals surface area (Å²) in [6.45, 7) is 3.09. The van der Waals surface area contributed by atoms with E-state index in [-0.39, 0.29) is 24.8 Å². The van der Waals surface area contributed by atoms with Crippen molar-refractivity contribution in [2.24, 2.45) is 0 Å². The molecule has 0 saturated carbocycles. The number of nitrogens with zero attached hydrogens (tertiary/aromatic N) is 3. The molecule has 2 aromatic carbocycles. The molecular weight excluding hydrogens is 363 g/mol. The zero-order valence-corrected chi connectivity index (χ0v) is 15.5. The van der Waals surface area contributed by atoms with Crippen LogP contribution in [0, 0.1) is 5.82 Å². The average molecular weight is 382 g/mol. The van der Waals surface area contributed by atoms with Crippen molar-refractivity contribution < 1.29 is 14.0 Å². The Bertz CT molecular complexity index is 1090. The molecule has 7 nitrogen and oxygen atoms in total. The lowest BCUT2D eigenvalue weighted by Gasteiger charge is -2.19. The number of fused-ring (bicyclic) bond motifs is 1. The van der Waals surface area contributed by atoms with Crippen molar-refractivity contribution in [3.8, 4) is 0 Å². The van der Waals surface area contributed by atoms with Crippen molar-refractivity contribution >= 4 is 34.4 Å². The highest BCUT2D eigenvalue weighted by Gasteiger charge is 2.20. The fourth-order valence-electron chi connectivity index (χ4n) is 2.91. The predicted octanol–water partition coefficient (Wildman–Crippen LogP) is 2.55. The largest absolute Gasteiger partial charge is 0.325 e. The van der Waals surface area contributed by atoms with Gasteiger partial charge in [-0.2, -0.15) is 0 Å². The molecule has 3 aromatic rings. The topological polar surface area (TPSA) is 84.3 Å². The van der Waals surface area contributed by atoms with Crippen LogP contribution in [0.15, 0.2) is 53.3 Å². The van der Waals surface area contributed by atoms with Gasteiger partial charge in [-0.25, -0.2) is 9.37 Å². The third kappa shape index (κ3) is 3.90. The van der Waals surface area contributed by atoms with Crippen LogP contribution in [0.25, 0.3) is 11.0 Å². The first-order valence-electron chi connectivity index (χ1n) is 8.73. The summed E-state index contributed by atoms with van der Waals surface area (Å²) in [6, 6.07) is 12.2. The summed E-state index contributed by atoms with van der Waals surface area (Å²) in [6.07, 6.45) is 0. The number of hydrogen-bond acceptors (Lipinski definition) is 4. The summed E-state index contributed by atoms with van der Waals surface area (Å²) in [5.41, 5.74) is 0.846. The highest BCUT2D eigenvalue weighted by molar-refractivity contribution is 5.93. The number of aromatic nitrogens is 2. The van der Waals surface area contributed by atoms with Crippen molar-refractivity contribution in [3.05, 3.63) is 64.7 Å². The van der Waals surface area contributed by atoms with E-state index in [4.69, 9.17) is 0 Å². The highest BCUT2D eigenvalue weighted by atomic mass is 19.1. The van der Waals surface area contributed by atoms with Crippen molar-refractivity contribution in [2.45, 2.75) is 20.4 Å². The maximum atomic E-state index is 13.0. The second kappa shape index (κ2) is 7.99. The molecule has 0 spiro atoms. The summed E-state index contributed by atoms with van der Waals surface area (Å²) < 4.78 is 14.3. The number of amides is 2. The van der Waals surface area contributed by atoms with Gasteiger partial charge in [-0.05, 0) is 43.3 Å². The van der Waals surface area contributed by atoms with Gasteiger partial charge in [-0.15, -0.1) is 0 Å². The van der Waals surface area contributed by atoms with Gasteiger partial charge in [0.15, 0.2) is 0 Å². The third-order valence-corrected chi connectivity index (χ3v) is 4.22. The number of benzene rings is 2. The quantitative estimate of drug-likeness (QED) is 0.735. The monoisotopic (exact) mass is 382 g/mol. The SMILES string of the molecule is CCN(C(C)=O)c1nc2ccccc2n(CC(=O)Nc2ccc(F)cc2)c1=O. The van der Waals surface area contributed by atoms with E-state index in [1.165, 1.54) is 40.7 Å². The summed E-state index contributed by atoms with van der Waals surface area (Å²) >= 11 is 0. The van der Waals surface area contributed by atoms with E-state index in [9.17, 15) is 18.8 Å². The van der Waals surface area contributed by atoms with Crippen LogP contribution in [-0.4, -0.2) is 27.9 Å². The fourth-order valence-corrected chi connectivity index (χ4v) is 2.91. The van der Waals surface area contributed by atoms with E-state index in [1.54, 1.807) is 31.2 Å². The van der Waals surface area contributed by atoms with Gasteiger partial charge in [0.05, 0.1) is 11.0 Å². The van der Waals surface area contributed by atoms with Gasteiger partial charge in [0.25, 0.3) is 5.56 Å². The normalized spacial score (nSPS) is 10.7. The summed E-state index contributed by atoms with van der Waals surface area (Å²) in [7, 11) is 0. The first-order chi connectivity index (χ1) is 13.4. The molecular formula is C20H19FN4O3. The van der Waals surface area contributed by atoms with Crippen molar-refractivity contribution in [3.63, 3.8) is 0 Å². The van der Waals surface area contributed by atoms with Crippen LogP contribution in [0.3, 0.4) is 0 Å². The number of anilines is 2. The van der Waals surface area contributed by atoms with Crippen molar-refractivity contribution in [1.29, 1.82) is 0 Å². The summed E-state index contributed by atoms with van der Waals surface area (Å²) in [4.78, 5) is 43.0. The number of hydrogen-bond donors (Lipinski definition) is 1. The molecule has 144 valence electrons. The van der Waals surface area contributed by atoms with Crippen LogP contribution in [0.4, 0.5) is 15.9 Å². The molecule has 3 rings (SSSR count). The van der Waals surface area contributed by atoms with Crippen molar-refractivity contribution in [2.75, 3.05) is 16.8 Å². The van der Waals surface area contributed by atoms with Gasteiger partial charge in [0, 0.05) is 19.2 Å². The molecule has 1 N–H and O–H groups in total. The Morgan fingerprint density at radius 2 is 1.82 bits per heavy atom. The molecule has 0 atom stereocenters. The molecule has 0 aliphatic rings. The van der Waals surface area contributed by atoms with Crippen molar-refractivity contribution in [1.82, 2.24) is 9.55 Å². The van der Waals surface area contributed by atoms with Crippen LogP contribution < -0.4 is 15.8 Å². The Balaban J connectivity index is 2.02. The smallest absolute Gasteiger partial charge is 0.294 e. The number of nitrogens with one attached hydrogen (secondary N) is 1. The average Bonchev–Trinajstić information content (AvgIpc) is 2.67. The lowest BCUT2D eigenvalue weighted by molar-refractivity contribution is -0.117. The first-order valence-corrected chi connectivity index (χ1v) is 8.73. The molecule has 1 heterocycles. The van der Waals surface area contributed by atoms with E-state index >= 15 is 0 Å². The summed E-state index contributed by atoms with van der Waals surface area (Å²) in [5, 5.41) is 2.63. The van der Waals surface area contributed by atoms with Crippen LogP contribution in [0.5, 0.6) is 0 Å². The standard InChI is InChI=1S/C20H19FN4O3/c1-3-24(13(2)26)19-20(28)25(17-7-5-4-6-16(17)23-19)12-18(27)22-15-10-8-14(21)9-11-15/h4-11H,3,12H2,1-2H3,(H,22,27). The van der Waals surface area contributed by atoms with Crippen LogP contribution in [0.2, 0.25) is 0 Å². The minimum Gasteiger partial charge on any atom is -0.325 e. The molecule has 0 bridgehead atoms. The fraction of sp³-hybridized carbons (Fsp3) is 0.200. The van der Waals surface area contributed by atoms with Gasteiger partial charge < -0.3 is 5.32 Å². The molecule has 8 heteroatoms. The van der Waals surface area contributed by atoms with Gasteiger partial charge in [0.1, 0.15) is 12.4 Å². The van der Waals surface area contributed by atoms with Gasteiger partial charge in [-0.3, -0.25) is 23.9 Å². The predicted molar refractivity (Wildman–Crippen MR) is 105 cm³/mol. The Hall–Kier alpha value is -3.55. The minimum absolute atomic E-state index is 0.0247. The number of carbonyl (C=O) groups excluding carboxylic acids is 2. The molecule has 0 fully saturated rings. The molecule has 0 aliphatic heterocycles.